The topological polar surface area (TPSA) is 94.6 Å². The van der Waals surface area contributed by atoms with Gasteiger partial charge in [-0.05, 0) is 23.5 Å². The second-order valence-corrected chi connectivity index (χ2v) is 10.8. The maximum absolute atomic E-state index is 13.5. The number of carbonyl (C=O) groups excluding carboxylic acids is 2. The number of hydrogen-bond donors (Lipinski definition) is 3. The van der Waals surface area contributed by atoms with Crippen LogP contribution >= 0.6 is 11.3 Å². The zero-order valence-corrected chi connectivity index (χ0v) is 21.5. The molecule has 0 radical (unpaired) electrons. The lowest BCUT2D eigenvalue weighted by Gasteiger charge is -2.36. The molecule has 34 heavy (non-hydrogen) atoms. The Balaban J connectivity index is 1.67. The monoisotopic (exact) mass is 484 g/mol. The highest BCUT2D eigenvalue weighted by atomic mass is 32.1. The maximum atomic E-state index is 13.5. The van der Waals surface area contributed by atoms with Crippen LogP contribution in [0, 0.1) is 12.3 Å². The Kier molecular flexibility index (Phi) is 8.15. The number of β-amino-alcohol motifs (C(OH)–C–C–N with tert-alkyl or cyclic N) is 1. The lowest BCUT2D eigenvalue weighted by atomic mass is 9.85. The molecule has 3 N–H and O–H groups in total. The number of rotatable bonds is 8. The van der Waals surface area contributed by atoms with Gasteiger partial charge in [0.15, 0.2) is 0 Å². The van der Waals surface area contributed by atoms with E-state index in [0.717, 1.165) is 16.8 Å². The van der Waals surface area contributed by atoms with E-state index >= 15 is 0 Å². The molecule has 2 amide bonds. The Bertz CT molecular complexity index is 1030. The van der Waals surface area contributed by atoms with E-state index in [1.54, 1.807) is 23.2 Å². The minimum Gasteiger partial charge on any atom is -0.391 e. The molecule has 184 valence electrons. The van der Waals surface area contributed by atoms with Crippen molar-refractivity contribution < 1.29 is 14.7 Å². The van der Waals surface area contributed by atoms with Crippen molar-refractivity contribution in [2.45, 2.75) is 72.2 Å². The van der Waals surface area contributed by atoms with Gasteiger partial charge in [0.05, 0.1) is 28.2 Å². The van der Waals surface area contributed by atoms with E-state index in [4.69, 9.17) is 0 Å². The van der Waals surface area contributed by atoms with Crippen LogP contribution < -0.4 is 10.6 Å². The molecular formula is C26H36N4O3S. The van der Waals surface area contributed by atoms with Crippen LogP contribution in [0.5, 0.6) is 0 Å². The predicted molar refractivity (Wildman–Crippen MR) is 136 cm³/mol. The minimum absolute atomic E-state index is 0.168. The molecule has 1 aliphatic rings. The molecular weight excluding hydrogens is 448 g/mol. The summed E-state index contributed by atoms with van der Waals surface area (Å²) in [6, 6.07) is 7.28. The Labute approximate surface area is 206 Å². The number of aliphatic hydroxyl groups is 1. The molecule has 1 saturated heterocycles. The van der Waals surface area contributed by atoms with Gasteiger partial charge < -0.3 is 20.6 Å². The Morgan fingerprint density at radius 2 is 1.97 bits per heavy atom. The van der Waals surface area contributed by atoms with Gasteiger partial charge in [-0.2, -0.15) is 0 Å². The number of hydrogen-bond acceptors (Lipinski definition) is 6. The fourth-order valence-corrected chi connectivity index (χ4v) is 4.96. The molecule has 7 nitrogen and oxygen atoms in total. The molecule has 0 aliphatic carbocycles. The third kappa shape index (κ3) is 6.04. The highest BCUT2D eigenvalue weighted by Gasteiger charge is 2.42. The average Bonchev–Trinajstić information content (AvgIpc) is 3.40. The van der Waals surface area contributed by atoms with Crippen LogP contribution in [0.2, 0.25) is 0 Å². The Morgan fingerprint density at radius 1 is 1.29 bits per heavy atom. The smallest absolute Gasteiger partial charge is 0.246 e. The van der Waals surface area contributed by atoms with Crippen molar-refractivity contribution in [3.63, 3.8) is 0 Å². The molecule has 1 fully saturated rings. The first-order chi connectivity index (χ1) is 16.0. The number of likely N-dealkylation sites (tertiary alicyclic amines) is 1. The number of carbonyl (C=O) groups is 2. The van der Waals surface area contributed by atoms with Crippen LogP contribution in [0.1, 0.15) is 51.8 Å². The molecule has 3 rings (SSSR count). The number of nitrogens with one attached hydrogen (secondary N) is 2. The first kappa shape index (κ1) is 25.9. The summed E-state index contributed by atoms with van der Waals surface area (Å²) in [7, 11) is 0. The van der Waals surface area contributed by atoms with Crippen LogP contribution in [0.15, 0.2) is 42.1 Å². The third-order valence-electron chi connectivity index (χ3n) is 6.18. The second kappa shape index (κ2) is 10.7. The summed E-state index contributed by atoms with van der Waals surface area (Å²) in [6.07, 6.45) is 0.0956. The van der Waals surface area contributed by atoms with Crippen molar-refractivity contribution in [2.24, 2.45) is 5.41 Å². The van der Waals surface area contributed by atoms with Gasteiger partial charge in [-0.3, -0.25) is 9.59 Å². The van der Waals surface area contributed by atoms with E-state index in [1.807, 2.05) is 33.2 Å². The second-order valence-electron chi connectivity index (χ2n) is 9.96. The van der Waals surface area contributed by atoms with Gasteiger partial charge in [0.2, 0.25) is 11.8 Å². The van der Waals surface area contributed by atoms with Crippen molar-refractivity contribution >= 4 is 23.2 Å². The number of aliphatic hydroxyl groups excluding tert-OH is 1. The zero-order valence-electron chi connectivity index (χ0n) is 20.7. The van der Waals surface area contributed by atoms with Crippen molar-refractivity contribution in [1.82, 2.24) is 20.5 Å². The number of amides is 2. The maximum Gasteiger partial charge on any atom is 0.246 e. The van der Waals surface area contributed by atoms with Crippen LogP contribution in [-0.2, 0) is 16.1 Å². The van der Waals surface area contributed by atoms with Crippen molar-refractivity contribution in [3.05, 3.63) is 53.3 Å². The summed E-state index contributed by atoms with van der Waals surface area (Å²) in [5.41, 5.74) is 5.32. The standard InChI is InChI=1S/C26H36N4O3S/c1-7-22(32)29-24(26(4,5)6)25(33)30-14-20(31)12-21(30)16(2)27-13-18-8-10-19(11-9-18)23-17(3)28-15-34-23/h8-11,15,20-21,24,27,31H,2,7,12-14H2,1,3-6H3,(H,29,32). The highest BCUT2D eigenvalue weighted by molar-refractivity contribution is 7.13. The van der Waals surface area contributed by atoms with E-state index in [2.05, 4.69) is 46.5 Å². The van der Waals surface area contributed by atoms with Crippen molar-refractivity contribution in [1.29, 1.82) is 0 Å². The van der Waals surface area contributed by atoms with Crippen LogP contribution in [-0.4, -0.2) is 51.5 Å². The van der Waals surface area contributed by atoms with Crippen LogP contribution in [0.4, 0.5) is 0 Å². The van der Waals surface area contributed by atoms with Crippen LogP contribution in [0.3, 0.4) is 0 Å². The molecule has 2 aromatic rings. The zero-order chi connectivity index (χ0) is 25.0. The predicted octanol–water partition coefficient (Wildman–Crippen LogP) is 3.62. The molecule has 3 unspecified atom stereocenters. The van der Waals surface area contributed by atoms with Gasteiger partial charge in [0, 0.05) is 31.6 Å². The molecule has 1 aromatic carbocycles. The summed E-state index contributed by atoms with van der Waals surface area (Å²) < 4.78 is 0. The first-order valence-corrected chi connectivity index (χ1v) is 12.6. The fraction of sp³-hybridized carbons (Fsp3) is 0.500. The third-order valence-corrected chi connectivity index (χ3v) is 7.16. The number of benzene rings is 1. The summed E-state index contributed by atoms with van der Waals surface area (Å²) in [5, 5.41) is 16.6. The van der Waals surface area contributed by atoms with E-state index < -0.39 is 17.6 Å². The van der Waals surface area contributed by atoms with Crippen LogP contribution in [0.25, 0.3) is 10.4 Å². The summed E-state index contributed by atoms with van der Waals surface area (Å²) in [5.74, 6) is -0.360. The first-order valence-electron chi connectivity index (χ1n) is 11.7. The largest absolute Gasteiger partial charge is 0.391 e. The van der Waals surface area contributed by atoms with E-state index in [0.29, 0.717) is 25.1 Å². The molecule has 2 heterocycles. The molecule has 0 spiro atoms. The van der Waals surface area contributed by atoms with Gasteiger partial charge in [-0.1, -0.05) is 58.5 Å². The molecule has 8 heteroatoms. The summed E-state index contributed by atoms with van der Waals surface area (Å²) >= 11 is 1.63. The number of thiazole rings is 1. The quantitative estimate of drug-likeness (QED) is 0.532. The van der Waals surface area contributed by atoms with Gasteiger partial charge in [-0.25, -0.2) is 4.98 Å². The number of aryl methyl sites for hydroxylation is 1. The number of nitrogens with zero attached hydrogens (tertiary/aromatic N) is 2. The Morgan fingerprint density at radius 3 is 2.53 bits per heavy atom. The average molecular weight is 485 g/mol. The Hall–Kier alpha value is -2.71. The minimum atomic E-state index is -0.678. The van der Waals surface area contributed by atoms with E-state index in [1.165, 1.54) is 4.88 Å². The SMILES string of the molecule is C=C(NCc1ccc(-c2scnc2C)cc1)C1CC(O)CN1C(=O)C(NC(=O)CC)C(C)(C)C. The molecule has 1 aromatic heterocycles. The fourth-order valence-electron chi connectivity index (χ4n) is 4.15. The van der Waals surface area contributed by atoms with Gasteiger partial charge in [0.1, 0.15) is 6.04 Å². The highest BCUT2D eigenvalue weighted by Crippen LogP contribution is 2.29. The van der Waals surface area contributed by atoms with Gasteiger partial charge in [-0.15, -0.1) is 11.3 Å². The molecule has 3 atom stereocenters. The lowest BCUT2D eigenvalue weighted by Crippen LogP contribution is -2.56. The van der Waals surface area contributed by atoms with Crippen molar-refractivity contribution in [3.8, 4) is 10.4 Å². The summed E-state index contributed by atoms with van der Waals surface area (Å²) in [6.45, 7) is 14.5. The lowest BCUT2D eigenvalue weighted by molar-refractivity contribution is -0.140. The molecule has 0 bridgehead atoms. The van der Waals surface area contributed by atoms with Gasteiger partial charge in [0.25, 0.3) is 0 Å². The van der Waals surface area contributed by atoms with E-state index in [-0.39, 0.29) is 24.4 Å². The molecule has 0 saturated carbocycles. The number of aromatic nitrogens is 1. The molecule has 1 aliphatic heterocycles. The van der Waals surface area contributed by atoms with E-state index in [9.17, 15) is 14.7 Å². The van der Waals surface area contributed by atoms with Gasteiger partial charge >= 0.3 is 0 Å². The summed E-state index contributed by atoms with van der Waals surface area (Å²) in [4.78, 5) is 32.7. The normalized spacial score (nSPS) is 19.1. The van der Waals surface area contributed by atoms with Crippen molar-refractivity contribution in [2.75, 3.05) is 6.54 Å².